The first-order valence-electron chi connectivity index (χ1n) is 8.74. The van der Waals surface area contributed by atoms with E-state index in [1.54, 1.807) is 18.2 Å². The van der Waals surface area contributed by atoms with E-state index in [2.05, 4.69) is 5.10 Å². The minimum absolute atomic E-state index is 0.196. The predicted octanol–water partition coefficient (Wildman–Crippen LogP) is 4.90. The van der Waals surface area contributed by atoms with Crippen LogP contribution in [-0.2, 0) is 16.2 Å². The number of halogens is 4. The van der Waals surface area contributed by atoms with Gasteiger partial charge in [-0.3, -0.25) is 0 Å². The summed E-state index contributed by atoms with van der Waals surface area (Å²) in [7, 11) is -4.29. The lowest BCUT2D eigenvalue weighted by molar-refractivity contribution is -0.141. The minimum Gasteiger partial charge on any atom is -0.464 e. The molecule has 0 spiro atoms. The summed E-state index contributed by atoms with van der Waals surface area (Å²) >= 11 is 0. The van der Waals surface area contributed by atoms with Crippen LogP contribution in [0, 0.1) is 5.82 Å². The van der Waals surface area contributed by atoms with Gasteiger partial charge in [-0.2, -0.15) is 31.2 Å². The second-order valence-corrected chi connectivity index (χ2v) is 8.06. The molecule has 0 radical (unpaired) electrons. The van der Waals surface area contributed by atoms with Crippen molar-refractivity contribution < 1.29 is 30.4 Å². The standard InChI is InChI=1S/C20H13F4N3O3S/c21-16-11-13(18-7-4-10-30-18)8-9-15(16)17-12-19(20(22,23)24)25-27(17)26-31(28,29)14-5-2-1-3-6-14/h1-12,26H. The van der Waals surface area contributed by atoms with Gasteiger partial charge >= 0.3 is 6.18 Å². The summed E-state index contributed by atoms with van der Waals surface area (Å²) in [5.74, 6) is -0.526. The van der Waals surface area contributed by atoms with Gasteiger partial charge in [-0.15, -0.1) is 5.10 Å². The van der Waals surface area contributed by atoms with E-state index in [4.69, 9.17) is 4.42 Å². The number of nitrogens with one attached hydrogen (secondary N) is 1. The lowest BCUT2D eigenvalue weighted by Gasteiger charge is -2.12. The molecule has 0 fully saturated rings. The van der Waals surface area contributed by atoms with Gasteiger partial charge in [0.15, 0.2) is 5.69 Å². The van der Waals surface area contributed by atoms with E-state index in [9.17, 15) is 26.0 Å². The van der Waals surface area contributed by atoms with Crippen molar-refractivity contribution in [3.63, 3.8) is 0 Å². The van der Waals surface area contributed by atoms with Crippen LogP contribution in [0.1, 0.15) is 5.69 Å². The molecule has 0 aliphatic heterocycles. The van der Waals surface area contributed by atoms with Crippen molar-refractivity contribution in [2.75, 3.05) is 4.83 Å². The van der Waals surface area contributed by atoms with E-state index < -0.39 is 33.4 Å². The molecular weight excluding hydrogens is 438 g/mol. The molecule has 0 aliphatic carbocycles. The molecule has 0 unspecified atom stereocenters. The average molecular weight is 451 g/mol. The fourth-order valence-corrected chi connectivity index (χ4v) is 3.85. The number of nitrogens with zero attached hydrogens (tertiary/aromatic N) is 2. The number of furan rings is 1. The first-order valence-corrected chi connectivity index (χ1v) is 10.2. The maximum atomic E-state index is 14.8. The summed E-state index contributed by atoms with van der Waals surface area (Å²) in [4.78, 5) is 2.16. The molecule has 0 atom stereocenters. The molecule has 4 rings (SSSR count). The molecule has 0 saturated heterocycles. The smallest absolute Gasteiger partial charge is 0.435 e. The van der Waals surface area contributed by atoms with Crippen molar-refractivity contribution in [2.24, 2.45) is 0 Å². The lowest BCUT2D eigenvalue weighted by atomic mass is 10.1. The Morgan fingerprint density at radius 3 is 2.32 bits per heavy atom. The van der Waals surface area contributed by atoms with Gasteiger partial charge in [-0.1, -0.05) is 24.3 Å². The van der Waals surface area contributed by atoms with Gasteiger partial charge in [0.25, 0.3) is 10.0 Å². The van der Waals surface area contributed by atoms with Crippen LogP contribution >= 0.6 is 0 Å². The molecule has 4 aromatic rings. The number of aromatic nitrogens is 2. The number of hydrogen-bond donors (Lipinski definition) is 1. The second-order valence-electron chi connectivity index (χ2n) is 6.40. The van der Waals surface area contributed by atoms with Gasteiger partial charge in [0.05, 0.1) is 16.9 Å². The van der Waals surface area contributed by atoms with Crippen LogP contribution < -0.4 is 4.83 Å². The van der Waals surface area contributed by atoms with Crippen LogP contribution in [0.4, 0.5) is 17.6 Å². The Balaban J connectivity index is 1.80. The van der Waals surface area contributed by atoms with Gasteiger partial charge < -0.3 is 4.42 Å². The Morgan fingerprint density at radius 2 is 1.71 bits per heavy atom. The Labute approximate surface area is 173 Å². The highest BCUT2D eigenvalue weighted by atomic mass is 32.2. The molecule has 0 saturated carbocycles. The summed E-state index contributed by atoms with van der Waals surface area (Å²) in [5, 5.41) is 3.30. The highest BCUT2D eigenvalue weighted by Crippen LogP contribution is 2.34. The van der Waals surface area contributed by atoms with Gasteiger partial charge in [-0.05, 0) is 42.5 Å². The second kappa shape index (κ2) is 7.58. The zero-order chi connectivity index (χ0) is 22.2. The molecule has 2 aromatic heterocycles. The predicted molar refractivity (Wildman–Crippen MR) is 103 cm³/mol. The quantitative estimate of drug-likeness (QED) is 0.438. The Bertz CT molecular complexity index is 1320. The zero-order valence-corrected chi connectivity index (χ0v) is 16.3. The van der Waals surface area contributed by atoms with Crippen LogP contribution in [0.15, 0.2) is 82.3 Å². The largest absolute Gasteiger partial charge is 0.464 e. The normalized spacial score (nSPS) is 12.1. The van der Waals surface area contributed by atoms with E-state index in [1.807, 2.05) is 4.83 Å². The molecule has 160 valence electrons. The van der Waals surface area contributed by atoms with Gasteiger partial charge in [0, 0.05) is 11.1 Å². The number of benzene rings is 2. The van der Waals surface area contributed by atoms with E-state index in [-0.39, 0.29) is 10.5 Å². The van der Waals surface area contributed by atoms with E-state index in [1.165, 1.54) is 42.7 Å². The Hall–Kier alpha value is -3.60. The maximum absolute atomic E-state index is 14.8. The Kier molecular flexibility index (Phi) is 5.05. The number of rotatable bonds is 5. The number of sulfonamides is 1. The van der Waals surface area contributed by atoms with Crippen molar-refractivity contribution in [1.29, 1.82) is 0 Å². The van der Waals surface area contributed by atoms with E-state index in [0.29, 0.717) is 22.2 Å². The number of alkyl halides is 3. The van der Waals surface area contributed by atoms with Crippen LogP contribution in [0.25, 0.3) is 22.6 Å². The summed E-state index contributed by atoms with van der Waals surface area (Å²) in [5.41, 5.74) is -1.73. The Morgan fingerprint density at radius 1 is 0.968 bits per heavy atom. The van der Waals surface area contributed by atoms with Crippen LogP contribution in [0.2, 0.25) is 0 Å². The molecule has 0 aliphatic rings. The third-order valence-corrected chi connectivity index (χ3v) is 5.62. The number of hydrogen-bond acceptors (Lipinski definition) is 4. The molecule has 6 nitrogen and oxygen atoms in total. The monoisotopic (exact) mass is 451 g/mol. The van der Waals surface area contributed by atoms with Gasteiger partial charge in [0.2, 0.25) is 0 Å². The van der Waals surface area contributed by atoms with Crippen molar-refractivity contribution in [1.82, 2.24) is 9.89 Å². The summed E-state index contributed by atoms with van der Waals surface area (Å²) in [6, 6.07) is 14.5. The summed E-state index contributed by atoms with van der Waals surface area (Å²) in [6.45, 7) is 0. The molecular formula is C20H13F4N3O3S. The maximum Gasteiger partial charge on any atom is 0.435 e. The molecule has 2 aromatic carbocycles. The third-order valence-electron chi connectivity index (χ3n) is 4.31. The first kappa shape index (κ1) is 20.7. The van der Waals surface area contributed by atoms with Crippen molar-refractivity contribution in [2.45, 2.75) is 11.1 Å². The van der Waals surface area contributed by atoms with Crippen molar-refractivity contribution in [3.05, 3.63) is 84.5 Å². The molecule has 0 amide bonds. The zero-order valence-electron chi connectivity index (χ0n) is 15.5. The fourth-order valence-electron chi connectivity index (χ4n) is 2.87. The SMILES string of the molecule is O=S(=O)(Nn1nc(C(F)(F)F)cc1-c1ccc(-c2ccco2)cc1F)c1ccccc1. The van der Waals surface area contributed by atoms with Gasteiger partial charge in [-0.25, -0.2) is 4.39 Å². The van der Waals surface area contributed by atoms with E-state index in [0.717, 1.165) is 6.07 Å². The molecule has 31 heavy (non-hydrogen) atoms. The van der Waals surface area contributed by atoms with Crippen LogP contribution in [0.5, 0.6) is 0 Å². The molecule has 0 bridgehead atoms. The van der Waals surface area contributed by atoms with E-state index >= 15 is 0 Å². The summed E-state index contributed by atoms with van der Waals surface area (Å²) in [6.07, 6.45) is -3.48. The fraction of sp³-hybridized carbons (Fsp3) is 0.0500. The average Bonchev–Trinajstić information content (AvgIpc) is 3.38. The lowest BCUT2D eigenvalue weighted by Crippen LogP contribution is -2.25. The van der Waals surface area contributed by atoms with Crippen molar-refractivity contribution >= 4 is 10.0 Å². The minimum atomic E-state index is -4.87. The van der Waals surface area contributed by atoms with Gasteiger partial charge in [0.1, 0.15) is 11.6 Å². The third kappa shape index (κ3) is 4.17. The topological polar surface area (TPSA) is 77.1 Å². The van der Waals surface area contributed by atoms with Crippen molar-refractivity contribution in [3.8, 4) is 22.6 Å². The molecule has 11 heteroatoms. The first-order chi connectivity index (χ1) is 14.6. The summed E-state index contributed by atoms with van der Waals surface area (Å²) < 4.78 is 84.9. The highest BCUT2D eigenvalue weighted by Gasteiger charge is 2.36. The molecule has 2 heterocycles. The molecule has 1 N–H and O–H groups in total. The van der Waals surface area contributed by atoms with Crippen LogP contribution in [-0.4, -0.2) is 18.3 Å². The van der Waals surface area contributed by atoms with Crippen LogP contribution in [0.3, 0.4) is 0 Å². The highest BCUT2D eigenvalue weighted by molar-refractivity contribution is 7.92.